The Morgan fingerprint density at radius 2 is 1.39 bits per heavy atom. The van der Waals surface area contributed by atoms with Gasteiger partial charge in [0.1, 0.15) is 6.61 Å². The molecule has 3 aromatic rings. The summed E-state index contributed by atoms with van der Waals surface area (Å²) in [5.74, 6) is 1.10. The molecule has 0 aliphatic heterocycles. The number of aromatic nitrogens is 3. The minimum absolute atomic E-state index is 0.129. The van der Waals surface area contributed by atoms with Crippen molar-refractivity contribution in [1.82, 2.24) is 15.0 Å². The van der Waals surface area contributed by atoms with Crippen LogP contribution in [-0.4, -0.2) is 54.9 Å². The van der Waals surface area contributed by atoms with E-state index in [9.17, 15) is 0 Å². The van der Waals surface area contributed by atoms with E-state index in [2.05, 4.69) is 119 Å². The minimum Gasteiger partial charge on any atom is -0.461 e. The quantitative estimate of drug-likeness (QED) is 0.157. The third kappa shape index (κ3) is 7.85. The molecule has 7 heteroatoms. The molecule has 1 aromatic heterocycles. The molecule has 1 heterocycles. The lowest BCUT2D eigenvalue weighted by atomic mass is 9.79. The normalized spacial score (nSPS) is 12.2. The summed E-state index contributed by atoms with van der Waals surface area (Å²) in [5, 5.41) is 0. The van der Waals surface area contributed by atoms with Gasteiger partial charge in [-0.3, -0.25) is 0 Å². The van der Waals surface area contributed by atoms with Crippen LogP contribution in [0.5, 0.6) is 6.01 Å². The van der Waals surface area contributed by atoms with Crippen LogP contribution in [-0.2, 0) is 10.2 Å². The smallest absolute Gasteiger partial charge is 0.323 e. The Bertz CT molecular complexity index is 1350. The van der Waals surface area contributed by atoms with Crippen molar-refractivity contribution < 1.29 is 9.47 Å². The molecule has 0 aliphatic carbocycles. The summed E-state index contributed by atoms with van der Waals surface area (Å²) in [4.78, 5) is 18.1. The second kappa shape index (κ2) is 13.5. The van der Waals surface area contributed by atoms with Crippen LogP contribution in [0.2, 0.25) is 0 Å². The second-order valence-electron chi connectivity index (χ2n) is 12.0. The van der Waals surface area contributed by atoms with Gasteiger partial charge in [-0.05, 0) is 85.9 Å². The molecular formula is C34H49N5O2. The van der Waals surface area contributed by atoms with Gasteiger partial charge < -0.3 is 19.3 Å². The highest BCUT2D eigenvalue weighted by Crippen LogP contribution is 2.31. The molecule has 0 bridgehead atoms. The summed E-state index contributed by atoms with van der Waals surface area (Å²) in [6, 6.07) is 13.5. The molecule has 0 radical (unpaired) electrons. The fourth-order valence-electron chi connectivity index (χ4n) is 4.62. The van der Waals surface area contributed by atoms with E-state index in [1.165, 1.54) is 16.7 Å². The van der Waals surface area contributed by atoms with Crippen LogP contribution in [0.1, 0.15) is 82.2 Å². The van der Waals surface area contributed by atoms with Crippen molar-refractivity contribution in [2.45, 2.75) is 79.2 Å². The first-order valence-electron chi connectivity index (χ1n) is 14.6. The van der Waals surface area contributed by atoms with Gasteiger partial charge in [0.15, 0.2) is 0 Å². The Hall–Kier alpha value is -3.45. The van der Waals surface area contributed by atoms with Gasteiger partial charge in [0, 0.05) is 32.4 Å². The molecular weight excluding hydrogens is 510 g/mol. The first-order chi connectivity index (χ1) is 19.3. The van der Waals surface area contributed by atoms with Crippen molar-refractivity contribution in [3.8, 4) is 6.01 Å². The van der Waals surface area contributed by atoms with Crippen molar-refractivity contribution in [1.29, 1.82) is 0 Å². The number of ether oxygens (including phenoxy) is 2. The summed E-state index contributed by atoms with van der Waals surface area (Å²) < 4.78 is 11.0. The van der Waals surface area contributed by atoms with E-state index in [-0.39, 0.29) is 17.0 Å². The van der Waals surface area contributed by atoms with Crippen LogP contribution in [0.3, 0.4) is 0 Å². The monoisotopic (exact) mass is 559 g/mol. The van der Waals surface area contributed by atoms with Crippen LogP contribution in [0.15, 0.2) is 36.4 Å². The van der Waals surface area contributed by atoms with Crippen LogP contribution in [0, 0.1) is 13.8 Å². The Morgan fingerprint density at radius 1 is 0.780 bits per heavy atom. The fourth-order valence-corrected chi connectivity index (χ4v) is 4.62. The van der Waals surface area contributed by atoms with Crippen LogP contribution in [0.25, 0.3) is 12.2 Å². The Kier molecular flexibility index (Phi) is 10.5. The second-order valence-corrected chi connectivity index (χ2v) is 12.0. The Labute approximate surface area is 247 Å². The summed E-state index contributed by atoms with van der Waals surface area (Å²) in [7, 11) is 5.63. The van der Waals surface area contributed by atoms with Gasteiger partial charge in [0.05, 0.1) is 6.61 Å². The van der Waals surface area contributed by atoms with E-state index in [0.717, 1.165) is 29.7 Å². The van der Waals surface area contributed by atoms with E-state index in [0.29, 0.717) is 25.1 Å². The van der Waals surface area contributed by atoms with Gasteiger partial charge in [-0.25, -0.2) is 0 Å². The van der Waals surface area contributed by atoms with E-state index >= 15 is 0 Å². The van der Waals surface area contributed by atoms with Crippen molar-refractivity contribution in [2.75, 3.05) is 44.2 Å². The average molecular weight is 560 g/mol. The SMILES string of the molecule is CCC(C)(C)c1ccc(/C=C/c2ccc(N(C)c3nc(OCCOC)nc(N(C)C(C)(C)CC)n3)c(C)c2)cc1C. The maximum atomic E-state index is 5.82. The molecule has 0 N–H and O–H groups in total. The van der Waals surface area contributed by atoms with Crippen LogP contribution < -0.4 is 14.5 Å². The van der Waals surface area contributed by atoms with Gasteiger partial charge in [-0.2, -0.15) is 15.0 Å². The molecule has 222 valence electrons. The lowest BCUT2D eigenvalue weighted by molar-refractivity contribution is 0.140. The zero-order chi connectivity index (χ0) is 30.4. The molecule has 0 saturated carbocycles. The van der Waals surface area contributed by atoms with Gasteiger partial charge in [-0.15, -0.1) is 0 Å². The summed E-state index contributed by atoms with van der Waals surface area (Å²) in [6.07, 6.45) is 6.40. The highest BCUT2D eigenvalue weighted by atomic mass is 16.5. The topological polar surface area (TPSA) is 63.6 Å². The molecule has 0 fully saturated rings. The number of methoxy groups -OCH3 is 1. The number of nitrogens with zero attached hydrogens (tertiary/aromatic N) is 5. The Morgan fingerprint density at radius 3 is 1.95 bits per heavy atom. The first-order valence-corrected chi connectivity index (χ1v) is 14.6. The molecule has 0 unspecified atom stereocenters. The third-order valence-electron chi connectivity index (χ3n) is 8.40. The van der Waals surface area contributed by atoms with E-state index < -0.39 is 0 Å². The molecule has 0 atom stereocenters. The van der Waals surface area contributed by atoms with Crippen LogP contribution >= 0.6 is 0 Å². The lowest BCUT2D eigenvalue weighted by Gasteiger charge is -2.35. The highest BCUT2D eigenvalue weighted by molar-refractivity contribution is 5.73. The maximum absolute atomic E-state index is 5.82. The van der Waals surface area contributed by atoms with E-state index in [1.54, 1.807) is 7.11 Å². The predicted octanol–water partition coefficient (Wildman–Crippen LogP) is 7.76. The molecule has 0 amide bonds. The maximum Gasteiger partial charge on any atom is 0.323 e. The standard InChI is InChI=1S/C34H49N5O2/c1-12-33(5,6)28-18-16-26(22-24(28)3)14-15-27-17-19-29(25(4)23-27)38(9)30-35-31(39(10)34(7,8)13-2)37-32(36-30)41-21-20-40-11/h14-19,22-23H,12-13,20-21H2,1-11H3/b15-14+. The molecule has 0 aliphatic rings. The summed E-state index contributed by atoms with van der Waals surface area (Å²) in [6.45, 7) is 18.5. The fraction of sp³-hybridized carbons (Fsp3) is 0.500. The molecule has 41 heavy (non-hydrogen) atoms. The molecule has 7 nitrogen and oxygen atoms in total. The van der Waals surface area contributed by atoms with Crippen LogP contribution in [0.4, 0.5) is 17.6 Å². The summed E-state index contributed by atoms with van der Waals surface area (Å²) >= 11 is 0. The van der Waals surface area contributed by atoms with Gasteiger partial charge in [-0.1, -0.05) is 64.1 Å². The first kappa shape index (κ1) is 32.1. The molecule has 2 aromatic carbocycles. The number of rotatable bonds is 13. The average Bonchev–Trinajstić information content (AvgIpc) is 2.95. The van der Waals surface area contributed by atoms with Crippen molar-refractivity contribution in [3.05, 3.63) is 64.2 Å². The largest absolute Gasteiger partial charge is 0.461 e. The minimum atomic E-state index is -0.129. The number of anilines is 3. The number of hydrogen-bond acceptors (Lipinski definition) is 7. The van der Waals surface area contributed by atoms with Crippen molar-refractivity contribution in [2.24, 2.45) is 0 Å². The zero-order valence-electron chi connectivity index (χ0n) is 27.0. The molecule has 3 rings (SSSR count). The number of aryl methyl sites for hydroxylation is 2. The third-order valence-corrected chi connectivity index (χ3v) is 8.40. The lowest BCUT2D eigenvalue weighted by Crippen LogP contribution is -2.41. The highest BCUT2D eigenvalue weighted by Gasteiger charge is 2.26. The number of hydrogen-bond donors (Lipinski definition) is 0. The van der Waals surface area contributed by atoms with Crippen molar-refractivity contribution >= 4 is 29.7 Å². The summed E-state index contributed by atoms with van der Waals surface area (Å²) in [5.41, 5.74) is 7.29. The number of benzene rings is 2. The van der Waals surface area contributed by atoms with E-state index in [1.807, 2.05) is 19.0 Å². The predicted molar refractivity (Wildman–Crippen MR) is 173 cm³/mol. The van der Waals surface area contributed by atoms with Gasteiger partial charge in [0.2, 0.25) is 11.9 Å². The van der Waals surface area contributed by atoms with Crippen molar-refractivity contribution in [3.63, 3.8) is 0 Å². The molecule has 0 saturated heterocycles. The van der Waals surface area contributed by atoms with Gasteiger partial charge >= 0.3 is 6.01 Å². The zero-order valence-corrected chi connectivity index (χ0v) is 27.0. The Balaban J connectivity index is 1.88. The van der Waals surface area contributed by atoms with Gasteiger partial charge in [0.25, 0.3) is 0 Å². The van der Waals surface area contributed by atoms with E-state index in [4.69, 9.17) is 14.5 Å². The molecule has 0 spiro atoms.